The summed E-state index contributed by atoms with van der Waals surface area (Å²) in [5.41, 5.74) is -4.47. The summed E-state index contributed by atoms with van der Waals surface area (Å²) in [4.78, 5) is 15.6. The van der Waals surface area contributed by atoms with Crippen LogP contribution in [0.4, 0.5) is 31.5 Å². The zero-order valence-electron chi connectivity index (χ0n) is 14.7. The van der Waals surface area contributed by atoms with Crippen LogP contribution in [0.15, 0.2) is 36.5 Å². The molecule has 0 aliphatic carbocycles. The summed E-state index contributed by atoms with van der Waals surface area (Å²) < 4.78 is 78.4. The number of hydrogen-bond acceptors (Lipinski definition) is 4. The van der Waals surface area contributed by atoms with Crippen LogP contribution in [-0.2, 0) is 16.9 Å². The number of hydrogen-bond donors (Lipinski definition) is 1. The molecule has 0 saturated carbocycles. The van der Waals surface area contributed by atoms with Gasteiger partial charge in [0.1, 0.15) is 0 Å². The van der Waals surface area contributed by atoms with E-state index in [9.17, 15) is 36.2 Å². The van der Waals surface area contributed by atoms with E-state index in [0.717, 1.165) is 4.90 Å². The Morgan fingerprint density at radius 1 is 1.11 bits per heavy atom. The molecule has 0 bridgehead atoms. The molecule has 4 nitrogen and oxygen atoms in total. The molecule has 154 valence electrons. The number of rotatable bonds is 5. The van der Waals surface area contributed by atoms with Gasteiger partial charge in [-0.1, -0.05) is 55.5 Å². The minimum Gasteiger partial charge on any atom is -0.369 e. The lowest BCUT2D eigenvalue weighted by atomic mass is 10.0. The molecule has 0 fully saturated rings. The minimum absolute atomic E-state index is 0.0294. The number of nitrogens with zero attached hydrogens (tertiary/aromatic N) is 2. The largest absolute Gasteiger partial charge is 0.431 e. The van der Waals surface area contributed by atoms with Gasteiger partial charge in [0.25, 0.3) is 5.60 Å². The molecule has 0 aliphatic heterocycles. The summed E-state index contributed by atoms with van der Waals surface area (Å²) in [5.74, 6) is -1.12. The fraction of sp³-hybridized carbons (Fsp3) is 0.412. The van der Waals surface area contributed by atoms with Gasteiger partial charge < -0.3 is 5.11 Å². The number of thiazole rings is 1. The number of benzene rings is 1. The molecule has 0 spiro atoms. The summed E-state index contributed by atoms with van der Waals surface area (Å²) in [7, 11) is 0. The van der Waals surface area contributed by atoms with Crippen LogP contribution in [-0.4, -0.2) is 28.4 Å². The smallest absolute Gasteiger partial charge is 0.369 e. The second-order valence-electron chi connectivity index (χ2n) is 6.28. The zero-order chi connectivity index (χ0) is 21.3. The van der Waals surface area contributed by atoms with Gasteiger partial charge in [-0.05, 0) is 5.56 Å². The van der Waals surface area contributed by atoms with Crippen molar-refractivity contribution >= 4 is 22.4 Å². The van der Waals surface area contributed by atoms with Crippen molar-refractivity contribution in [3.63, 3.8) is 0 Å². The molecule has 11 heteroatoms. The highest BCUT2D eigenvalue weighted by molar-refractivity contribution is 7.15. The average molecular weight is 426 g/mol. The highest BCUT2D eigenvalue weighted by Gasteiger charge is 2.72. The van der Waals surface area contributed by atoms with E-state index in [1.807, 2.05) is 0 Å². The quantitative estimate of drug-likeness (QED) is 0.709. The van der Waals surface area contributed by atoms with Crippen LogP contribution in [0, 0.1) is 5.92 Å². The van der Waals surface area contributed by atoms with E-state index in [0.29, 0.717) is 11.8 Å². The Morgan fingerprint density at radius 2 is 1.64 bits per heavy atom. The Bertz CT molecular complexity index is 803. The van der Waals surface area contributed by atoms with Crippen molar-refractivity contribution in [2.24, 2.45) is 5.92 Å². The molecule has 2 aromatic rings. The zero-order valence-corrected chi connectivity index (χ0v) is 15.5. The fourth-order valence-electron chi connectivity index (χ4n) is 2.31. The number of amides is 1. The van der Waals surface area contributed by atoms with Gasteiger partial charge in [0, 0.05) is 12.1 Å². The first kappa shape index (κ1) is 22.2. The predicted molar refractivity (Wildman–Crippen MR) is 90.6 cm³/mol. The number of anilines is 1. The third-order valence-electron chi connectivity index (χ3n) is 3.84. The fourth-order valence-corrected chi connectivity index (χ4v) is 3.37. The van der Waals surface area contributed by atoms with Crippen molar-refractivity contribution in [1.82, 2.24) is 4.98 Å². The molecule has 0 radical (unpaired) electrons. The lowest BCUT2D eigenvalue weighted by Crippen LogP contribution is -2.53. The average Bonchev–Trinajstić information content (AvgIpc) is 3.07. The van der Waals surface area contributed by atoms with Gasteiger partial charge in [0.15, 0.2) is 5.13 Å². The SMILES string of the molecule is CC(C)C(=O)N(Cc1ccccc1)c1ncc(C(O)(C(F)(F)F)C(F)(F)F)s1. The Labute approximate surface area is 160 Å². The van der Waals surface area contributed by atoms with E-state index >= 15 is 0 Å². The van der Waals surface area contributed by atoms with Crippen LogP contribution in [0.25, 0.3) is 0 Å². The normalized spacial score (nSPS) is 13.1. The van der Waals surface area contributed by atoms with E-state index in [4.69, 9.17) is 0 Å². The first-order valence-corrected chi connectivity index (χ1v) is 8.78. The molecule has 1 heterocycles. The maximum absolute atomic E-state index is 13.1. The maximum atomic E-state index is 13.1. The number of carbonyl (C=O) groups is 1. The molecule has 1 amide bonds. The van der Waals surface area contributed by atoms with Crippen LogP contribution in [0.2, 0.25) is 0 Å². The summed E-state index contributed by atoms with van der Waals surface area (Å²) in [5, 5.41) is 9.13. The van der Waals surface area contributed by atoms with Gasteiger partial charge in [-0.3, -0.25) is 9.69 Å². The first-order valence-electron chi connectivity index (χ1n) is 7.96. The molecule has 1 N–H and O–H groups in total. The van der Waals surface area contributed by atoms with Gasteiger partial charge in [0.2, 0.25) is 5.91 Å². The van der Waals surface area contributed by atoms with Crippen molar-refractivity contribution in [2.45, 2.75) is 38.3 Å². The summed E-state index contributed by atoms with van der Waals surface area (Å²) >= 11 is -0.0294. The number of alkyl halides is 6. The number of aromatic nitrogens is 1. The third-order valence-corrected chi connectivity index (χ3v) is 4.97. The second kappa shape index (κ2) is 7.70. The van der Waals surface area contributed by atoms with Crippen LogP contribution in [0.5, 0.6) is 0 Å². The lowest BCUT2D eigenvalue weighted by Gasteiger charge is -2.31. The van der Waals surface area contributed by atoms with E-state index < -0.39 is 34.7 Å². The third kappa shape index (κ3) is 4.14. The molecule has 2 rings (SSSR count). The summed E-state index contributed by atoms with van der Waals surface area (Å²) in [6.45, 7) is 2.98. The van der Waals surface area contributed by atoms with E-state index in [1.54, 1.807) is 30.3 Å². The molecule has 0 unspecified atom stereocenters. The van der Waals surface area contributed by atoms with E-state index in [1.165, 1.54) is 13.8 Å². The van der Waals surface area contributed by atoms with E-state index in [-0.39, 0.29) is 23.0 Å². The summed E-state index contributed by atoms with van der Waals surface area (Å²) in [6.07, 6.45) is -11.7. The number of aliphatic hydroxyl groups is 1. The van der Waals surface area contributed by atoms with Crippen LogP contribution < -0.4 is 4.90 Å². The first-order chi connectivity index (χ1) is 12.8. The molecule has 0 saturated heterocycles. The van der Waals surface area contributed by atoms with Gasteiger partial charge in [-0.2, -0.15) is 26.3 Å². The van der Waals surface area contributed by atoms with Crippen molar-refractivity contribution < 1.29 is 36.2 Å². The standard InChI is InChI=1S/C17H16F6N2O2S/c1-10(2)13(26)25(9-11-6-4-3-5-7-11)14-24-8-12(28-14)15(27,16(18,19)20)17(21,22)23/h3-8,10,27H,9H2,1-2H3. The van der Waals surface area contributed by atoms with Crippen molar-refractivity contribution in [3.8, 4) is 0 Å². The number of carbonyl (C=O) groups excluding carboxylic acids is 1. The lowest BCUT2D eigenvalue weighted by molar-refractivity contribution is -0.375. The molecule has 1 aromatic carbocycles. The summed E-state index contributed by atoms with van der Waals surface area (Å²) in [6, 6.07) is 8.36. The molecule has 1 aromatic heterocycles. The predicted octanol–water partition coefficient (Wildman–Crippen LogP) is 4.64. The Hall–Kier alpha value is -2.14. The van der Waals surface area contributed by atoms with Gasteiger partial charge in [-0.15, -0.1) is 0 Å². The molecular weight excluding hydrogens is 410 g/mol. The second-order valence-corrected chi connectivity index (χ2v) is 7.29. The number of halogens is 6. The highest BCUT2D eigenvalue weighted by Crippen LogP contribution is 2.52. The molecule has 0 aliphatic rings. The molecule has 0 atom stereocenters. The van der Waals surface area contributed by atoms with Crippen LogP contribution in [0.1, 0.15) is 24.3 Å². The van der Waals surface area contributed by atoms with E-state index in [2.05, 4.69) is 4.98 Å². The van der Waals surface area contributed by atoms with Crippen LogP contribution >= 0.6 is 11.3 Å². The Kier molecular flexibility index (Phi) is 6.10. The van der Waals surface area contributed by atoms with Gasteiger partial charge in [0.05, 0.1) is 11.4 Å². The van der Waals surface area contributed by atoms with Crippen molar-refractivity contribution in [1.29, 1.82) is 0 Å². The topological polar surface area (TPSA) is 53.4 Å². The molecular formula is C17H16F6N2O2S. The maximum Gasteiger partial charge on any atom is 0.431 e. The Balaban J connectivity index is 2.50. The van der Waals surface area contributed by atoms with Crippen molar-refractivity contribution in [2.75, 3.05) is 4.90 Å². The minimum atomic E-state index is -6.01. The molecule has 28 heavy (non-hydrogen) atoms. The van der Waals surface area contributed by atoms with Gasteiger partial charge in [-0.25, -0.2) is 4.98 Å². The Morgan fingerprint density at radius 3 is 2.11 bits per heavy atom. The van der Waals surface area contributed by atoms with Crippen molar-refractivity contribution in [3.05, 3.63) is 47.0 Å². The highest BCUT2D eigenvalue weighted by atomic mass is 32.1. The monoisotopic (exact) mass is 426 g/mol. The van der Waals surface area contributed by atoms with Gasteiger partial charge >= 0.3 is 12.4 Å². The van der Waals surface area contributed by atoms with Crippen LogP contribution in [0.3, 0.4) is 0 Å².